The lowest BCUT2D eigenvalue weighted by Crippen LogP contribution is -2.36. The van der Waals surface area contributed by atoms with Gasteiger partial charge in [0.1, 0.15) is 11.6 Å². The van der Waals surface area contributed by atoms with Crippen LogP contribution in [0, 0.1) is 17.6 Å². The maximum absolute atomic E-state index is 13.7. The first-order valence-corrected chi connectivity index (χ1v) is 7.29. The minimum absolute atomic E-state index is 0.0856. The van der Waals surface area contributed by atoms with Gasteiger partial charge in [-0.15, -0.1) is 0 Å². The highest BCUT2D eigenvalue weighted by atomic mass is 19.1. The molecule has 1 aromatic carbocycles. The van der Waals surface area contributed by atoms with E-state index >= 15 is 0 Å². The summed E-state index contributed by atoms with van der Waals surface area (Å²) in [6, 6.07) is 4.11. The van der Waals surface area contributed by atoms with Gasteiger partial charge in [-0.05, 0) is 38.7 Å². The average Bonchev–Trinajstić information content (AvgIpc) is 2.39. The van der Waals surface area contributed by atoms with E-state index < -0.39 is 11.6 Å². The average molecular weight is 267 g/mol. The minimum atomic E-state index is -0.520. The summed E-state index contributed by atoms with van der Waals surface area (Å²) in [6.45, 7) is 4.11. The molecule has 0 spiro atoms. The SMILES string of the molecule is CC(N[C@H](C)C1CCCCC1)c1ccc(F)cc1F. The molecule has 0 saturated heterocycles. The molecule has 19 heavy (non-hydrogen) atoms. The van der Waals surface area contributed by atoms with Crippen molar-refractivity contribution in [2.24, 2.45) is 5.92 Å². The van der Waals surface area contributed by atoms with Crippen molar-refractivity contribution in [2.45, 2.75) is 58.0 Å². The maximum atomic E-state index is 13.7. The number of halogens is 2. The van der Waals surface area contributed by atoms with Gasteiger partial charge in [-0.25, -0.2) is 8.78 Å². The Morgan fingerprint density at radius 2 is 1.79 bits per heavy atom. The van der Waals surface area contributed by atoms with Crippen LogP contribution < -0.4 is 5.32 Å². The van der Waals surface area contributed by atoms with Crippen molar-refractivity contribution >= 4 is 0 Å². The standard InChI is InChI=1S/C16H23F2N/c1-11(13-6-4-3-5-7-13)19-12(2)15-9-8-14(17)10-16(15)18/h8-13,19H,3-7H2,1-2H3/t11-,12?/m1/s1. The van der Waals surface area contributed by atoms with Crippen LogP contribution in [0.2, 0.25) is 0 Å². The van der Waals surface area contributed by atoms with Crippen LogP contribution in [0.15, 0.2) is 18.2 Å². The topological polar surface area (TPSA) is 12.0 Å². The molecule has 0 aromatic heterocycles. The summed E-state index contributed by atoms with van der Waals surface area (Å²) >= 11 is 0. The maximum Gasteiger partial charge on any atom is 0.130 e. The summed E-state index contributed by atoms with van der Waals surface area (Å²) < 4.78 is 26.6. The second kappa shape index (κ2) is 6.47. The first-order valence-electron chi connectivity index (χ1n) is 7.29. The molecule has 1 fully saturated rings. The van der Waals surface area contributed by atoms with Gasteiger partial charge in [-0.2, -0.15) is 0 Å². The summed E-state index contributed by atoms with van der Waals surface area (Å²) in [7, 11) is 0. The largest absolute Gasteiger partial charge is 0.307 e. The molecule has 1 saturated carbocycles. The summed E-state index contributed by atoms with van der Waals surface area (Å²) in [5, 5.41) is 3.46. The molecule has 0 bridgehead atoms. The van der Waals surface area contributed by atoms with Gasteiger partial charge in [0.25, 0.3) is 0 Å². The fraction of sp³-hybridized carbons (Fsp3) is 0.625. The molecule has 1 aromatic rings. The molecule has 1 N–H and O–H groups in total. The highest BCUT2D eigenvalue weighted by Crippen LogP contribution is 2.28. The second-order valence-electron chi connectivity index (χ2n) is 5.74. The smallest absolute Gasteiger partial charge is 0.130 e. The first-order chi connectivity index (χ1) is 9.08. The van der Waals surface area contributed by atoms with Crippen LogP contribution in [-0.4, -0.2) is 6.04 Å². The molecule has 106 valence electrons. The van der Waals surface area contributed by atoms with E-state index in [1.54, 1.807) is 0 Å². The van der Waals surface area contributed by atoms with Crippen LogP contribution in [-0.2, 0) is 0 Å². The van der Waals surface area contributed by atoms with E-state index in [4.69, 9.17) is 0 Å². The van der Waals surface area contributed by atoms with E-state index in [2.05, 4.69) is 12.2 Å². The van der Waals surface area contributed by atoms with Crippen LogP contribution in [0.25, 0.3) is 0 Å². The van der Waals surface area contributed by atoms with E-state index in [9.17, 15) is 8.78 Å². The quantitative estimate of drug-likeness (QED) is 0.841. The van der Waals surface area contributed by atoms with Crippen LogP contribution >= 0.6 is 0 Å². The molecule has 1 aliphatic carbocycles. The Morgan fingerprint density at radius 1 is 1.11 bits per heavy atom. The minimum Gasteiger partial charge on any atom is -0.307 e. The zero-order valence-electron chi connectivity index (χ0n) is 11.8. The number of rotatable bonds is 4. The van der Waals surface area contributed by atoms with Crippen molar-refractivity contribution in [3.8, 4) is 0 Å². The number of nitrogens with one attached hydrogen (secondary N) is 1. The zero-order valence-corrected chi connectivity index (χ0v) is 11.8. The molecule has 0 heterocycles. The van der Waals surface area contributed by atoms with Gasteiger partial charge in [-0.3, -0.25) is 0 Å². The van der Waals surface area contributed by atoms with Gasteiger partial charge in [0.05, 0.1) is 0 Å². The van der Waals surface area contributed by atoms with Crippen LogP contribution in [0.4, 0.5) is 8.78 Å². The summed E-state index contributed by atoms with van der Waals surface area (Å²) in [5.74, 6) is -0.302. The Kier molecular flexibility index (Phi) is 4.92. The Morgan fingerprint density at radius 3 is 2.42 bits per heavy atom. The molecule has 2 rings (SSSR count). The molecule has 1 unspecified atom stereocenters. The fourth-order valence-corrected chi connectivity index (χ4v) is 3.11. The molecular weight excluding hydrogens is 244 g/mol. The molecular formula is C16H23F2N. The van der Waals surface area contributed by atoms with Crippen LogP contribution in [0.3, 0.4) is 0 Å². The van der Waals surface area contributed by atoms with E-state index in [1.807, 2.05) is 6.92 Å². The highest BCUT2D eigenvalue weighted by Gasteiger charge is 2.22. The zero-order chi connectivity index (χ0) is 13.8. The number of benzene rings is 1. The second-order valence-corrected chi connectivity index (χ2v) is 5.74. The fourth-order valence-electron chi connectivity index (χ4n) is 3.11. The van der Waals surface area contributed by atoms with Gasteiger partial charge in [-0.1, -0.05) is 25.3 Å². The van der Waals surface area contributed by atoms with Crippen molar-refractivity contribution in [3.05, 3.63) is 35.4 Å². The van der Waals surface area contributed by atoms with Gasteiger partial charge < -0.3 is 5.32 Å². The van der Waals surface area contributed by atoms with Crippen LogP contribution in [0.5, 0.6) is 0 Å². The summed E-state index contributed by atoms with van der Waals surface area (Å²) in [6.07, 6.45) is 6.46. The van der Waals surface area contributed by atoms with Crippen molar-refractivity contribution in [2.75, 3.05) is 0 Å². The Hall–Kier alpha value is -0.960. The molecule has 3 heteroatoms. The molecule has 2 atom stereocenters. The Labute approximate surface area is 114 Å². The predicted molar refractivity (Wildman–Crippen MR) is 73.9 cm³/mol. The van der Waals surface area contributed by atoms with E-state index in [0.717, 1.165) is 6.07 Å². The Balaban J connectivity index is 1.97. The van der Waals surface area contributed by atoms with Gasteiger partial charge >= 0.3 is 0 Å². The molecule has 1 aliphatic rings. The van der Waals surface area contributed by atoms with E-state index in [-0.39, 0.29) is 6.04 Å². The van der Waals surface area contributed by atoms with Gasteiger partial charge in [0.2, 0.25) is 0 Å². The van der Waals surface area contributed by atoms with Gasteiger partial charge in [0, 0.05) is 23.7 Å². The normalized spacial score (nSPS) is 20.2. The lowest BCUT2D eigenvalue weighted by atomic mass is 9.84. The number of hydrogen-bond donors (Lipinski definition) is 1. The third-order valence-corrected chi connectivity index (χ3v) is 4.30. The predicted octanol–water partition coefficient (Wildman–Crippen LogP) is 4.58. The summed E-state index contributed by atoms with van der Waals surface area (Å²) in [4.78, 5) is 0. The highest BCUT2D eigenvalue weighted by molar-refractivity contribution is 5.21. The lowest BCUT2D eigenvalue weighted by molar-refractivity contribution is 0.267. The van der Waals surface area contributed by atoms with Gasteiger partial charge in [0.15, 0.2) is 0 Å². The molecule has 0 amide bonds. The monoisotopic (exact) mass is 267 g/mol. The van der Waals surface area contributed by atoms with E-state index in [0.29, 0.717) is 17.5 Å². The molecule has 1 nitrogen and oxygen atoms in total. The summed E-state index contributed by atoms with van der Waals surface area (Å²) in [5.41, 5.74) is 0.545. The third kappa shape index (κ3) is 3.75. The number of hydrogen-bond acceptors (Lipinski definition) is 1. The van der Waals surface area contributed by atoms with Crippen molar-refractivity contribution in [1.29, 1.82) is 0 Å². The van der Waals surface area contributed by atoms with Crippen molar-refractivity contribution in [1.82, 2.24) is 5.32 Å². The van der Waals surface area contributed by atoms with E-state index in [1.165, 1.54) is 44.2 Å². The molecule has 0 radical (unpaired) electrons. The molecule has 0 aliphatic heterocycles. The Bertz CT molecular complexity index is 413. The van der Waals surface area contributed by atoms with Crippen LogP contribution in [0.1, 0.15) is 57.6 Å². The van der Waals surface area contributed by atoms with Crippen molar-refractivity contribution < 1.29 is 8.78 Å². The van der Waals surface area contributed by atoms with Crippen molar-refractivity contribution in [3.63, 3.8) is 0 Å². The first kappa shape index (κ1) is 14.4. The lowest BCUT2D eigenvalue weighted by Gasteiger charge is -2.31. The third-order valence-electron chi connectivity index (χ3n) is 4.30.